The monoisotopic (exact) mass is 251 g/mol. The van der Waals surface area contributed by atoms with Crippen LogP contribution in [0.4, 0.5) is 0 Å². The summed E-state index contributed by atoms with van der Waals surface area (Å²) in [6.45, 7) is 10.4. The van der Waals surface area contributed by atoms with Gasteiger partial charge in [-0.1, -0.05) is 20.8 Å². The van der Waals surface area contributed by atoms with E-state index < -0.39 is 0 Å². The van der Waals surface area contributed by atoms with E-state index in [9.17, 15) is 4.79 Å². The molecule has 0 amide bonds. The van der Waals surface area contributed by atoms with Gasteiger partial charge in [-0.15, -0.1) is 0 Å². The van der Waals surface area contributed by atoms with Crippen LogP contribution in [0, 0.1) is 17.3 Å². The molecule has 2 atom stereocenters. The molecule has 1 aliphatic carbocycles. The number of ketones is 1. The molecule has 2 rings (SSSR count). The van der Waals surface area contributed by atoms with Crippen molar-refractivity contribution in [1.29, 1.82) is 0 Å². The fourth-order valence-electron chi connectivity index (χ4n) is 3.53. The Hall–Kier alpha value is -0.370. The third kappa shape index (κ3) is 3.81. The second-order valence-electron chi connectivity index (χ2n) is 7.37. The molecule has 1 heterocycles. The second-order valence-corrected chi connectivity index (χ2v) is 7.37. The normalized spacial score (nSPS) is 34.3. The molecule has 1 saturated carbocycles. The first-order valence-electron chi connectivity index (χ1n) is 7.71. The summed E-state index contributed by atoms with van der Waals surface area (Å²) in [5, 5.41) is 0. The van der Waals surface area contributed by atoms with E-state index in [1.807, 2.05) is 0 Å². The minimum atomic E-state index is 0.308. The molecular weight excluding hydrogens is 222 g/mol. The number of nitrogens with zero attached hydrogens (tertiary/aromatic N) is 1. The molecule has 0 aromatic carbocycles. The van der Waals surface area contributed by atoms with E-state index in [-0.39, 0.29) is 0 Å². The number of carbonyl (C=O) groups excluding carboxylic acids is 1. The average Bonchev–Trinajstić information content (AvgIpc) is 2.49. The lowest BCUT2D eigenvalue weighted by Crippen LogP contribution is -2.39. The van der Waals surface area contributed by atoms with Gasteiger partial charge in [-0.2, -0.15) is 0 Å². The number of rotatable bonds is 2. The van der Waals surface area contributed by atoms with Gasteiger partial charge in [0.1, 0.15) is 5.78 Å². The molecule has 0 aromatic rings. The van der Waals surface area contributed by atoms with Gasteiger partial charge in [0.05, 0.1) is 0 Å². The van der Waals surface area contributed by atoms with Crippen molar-refractivity contribution < 1.29 is 4.79 Å². The molecule has 0 N–H and O–H groups in total. The van der Waals surface area contributed by atoms with Crippen molar-refractivity contribution in [2.45, 2.75) is 59.3 Å². The van der Waals surface area contributed by atoms with E-state index in [4.69, 9.17) is 0 Å². The molecule has 2 unspecified atom stereocenters. The summed E-state index contributed by atoms with van der Waals surface area (Å²) in [5.41, 5.74) is 0.373. The summed E-state index contributed by atoms with van der Waals surface area (Å²) in [6.07, 6.45) is 6.97. The zero-order valence-corrected chi connectivity index (χ0v) is 12.4. The highest BCUT2D eigenvalue weighted by Crippen LogP contribution is 2.37. The Balaban J connectivity index is 1.89. The minimum absolute atomic E-state index is 0.308. The Bertz CT molecular complexity index is 297. The van der Waals surface area contributed by atoms with E-state index in [1.54, 1.807) is 0 Å². The first-order chi connectivity index (χ1) is 8.46. The van der Waals surface area contributed by atoms with Crippen LogP contribution in [0.25, 0.3) is 0 Å². The highest BCUT2D eigenvalue weighted by molar-refractivity contribution is 5.82. The zero-order chi connectivity index (χ0) is 13.2. The predicted molar refractivity (Wildman–Crippen MR) is 75.6 cm³/mol. The summed E-state index contributed by atoms with van der Waals surface area (Å²) in [5.74, 6) is 1.70. The minimum Gasteiger partial charge on any atom is -0.303 e. The van der Waals surface area contributed by atoms with Crippen molar-refractivity contribution in [3.05, 3.63) is 0 Å². The summed E-state index contributed by atoms with van der Waals surface area (Å²) < 4.78 is 0. The van der Waals surface area contributed by atoms with Crippen LogP contribution in [0.5, 0.6) is 0 Å². The Labute approximate surface area is 112 Å². The first-order valence-corrected chi connectivity index (χ1v) is 7.71. The molecule has 1 aliphatic heterocycles. The van der Waals surface area contributed by atoms with Crippen molar-refractivity contribution in [2.75, 3.05) is 19.6 Å². The number of carbonyl (C=O) groups is 1. The maximum Gasteiger partial charge on any atom is 0.137 e. The molecule has 2 nitrogen and oxygen atoms in total. The smallest absolute Gasteiger partial charge is 0.137 e. The van der Waals surface area contributed by atoms with Gasteiger partial charge >= 0.3 is 0 Å². The highest BCUT2D eigenvalue weighted by Gasteiger charge is 2.34. The maximum atomic E-state index is 12.1. The fraction of sp³-hybridized carbons (Fsp3) is 0.938. The SMILES string of the molecule is CC1CCCN(CC2CC(C)(C)CCC2=O)CC1. The van der Waals surface area contributed by atoms with Gasteiger partial charge in [-0.05, 0) is 56.5 Å². The first kappa shape index (κ1) is 14.0. The lowest BCUT2D eigenvalue weighted by Gasteiger charge is -2.36. The van der Waals surface area contributed by atoms with Crippen LogP contribution in [0.15, 0.2) is 0 Å². The van der Waals surface area contributed by atoms with Crippen molar-refractivity contribution >= 4 is 5.78 Å². The molecule has 2 heteroatoms. The van der Waals surface area contributed by atoms with Crippen molar-refractivity contribution in [2.24, 2.45) is 17.3 Å². The van der Waals surface area contributed by atoms with Crippen LogP contribution in [-0.2, 0) is 4.79 Å². The quantitative estimate of drug-likeness (QED) is 0.748. The summed E-state index contributed by atoms with van der Waals surface area (Å²) in [7, 11) is 0. The summed E-state index contributed by atoms with van der Waals surface area (Å²) in [4.78, 5) is 14.6. The van der Waals surface area contributed by atoms with Gasteiger partial charge in [0, 0.05) is 18.9 Å². The van der Waals surface area contributed by atoms with Crippen LogP contribution in [0.1, 0.15) is 59.3 Å². The Morgan fingerprint density at radius 3 is 2.83 bits per heavy atom. The van der Waals surface area contributed by atoms with Crippen LogP contribution in [0.3, 0.4) is 0 Å². The number of hydrogen-bond donors (Lipinski definition) is 0. The highest BCUT2D eigenvalue weighted by atomic mass is 16.1. The molecule has 0 aromatic heterocycles. The van der Waals surface area contributed by atoms with Gasteiger partial charge in [-0.3, -0.25) is 4.79 Å². The molecule has 0 bridgehead atoms. The van der Waals surface area contributed by atoms with Crippen molar-refractivity contribution in [1.82, 2.24) is 4.90 Å². The maximum absolute atomic E-state index is 12.1. The Morgan fingerprint density at radius 2 is 2.06 bits per heavy atom. The molecule has 104 valence electrons. The molecule has 0 spiro atoms. The van der Waals surface area contributed by atoms with Crippen molar-refractivity contribution in [3.8, 4) is 0 Å². The van der Waals surface area contributed by atoms with E-state index >= 15 is 0 Å². The standard InChI is InChI=1S/C16H29NO/c1-13-5-4-9-17(10-7-13)12-14-11-16(2,3)8-6-15(14)18/h13-14H,4-12H2,1-3H3. The fourth-order valence-corrected chi connectivity index (χ4v) is 3.53. The van der Waals surface area contributed by atoms with E-state index in [0.717, 1.165) is 31.7 Å². The zero-order valence-electron chi connectivity index (χ0n) is 12.4. The van der Waals surface area contributed by atoms with Gasteiger partial charge in [0.15, 0.2) is 0 Å². The second kappa shape index (κ2) is 5.73. The lowest BCUT2D eigenvalue weighted by atomic mass is 9.71. The number of Topliss-reactive ketones (excluding diaryl/α,β-unsaturated/α-hetero) is 1. The van der Waals surface area contributed by atoms with E-state index in [1.165, 1.54) is 32.4 Å². The molecule has 0 radical (unpaired) electrons. The molecule has 18 heavy (non-hydrogen) atoms. The molecule has 2 fully saturated rings. The van der Waals surface area contributed by atoms with Crippen LogP contribution >= 0.6 is 0 Å². The predicted octanol–water partition coefficient (Wildman–Crippen LogP) is 3.50. The van der Waals surface area contributed by atoms with Gasteiger partial charge in [0.25, 0.3) is 0 Å². The summed E-state index contributed by atoms with van der Waals surface area (Å²) >= 11 is 0. The van der Waals surface area contributed by atoms with Crippen LogP contribution in [0.2, 0.25) is 0 Å². The largest absolute Gasteiger partial charge is 0.303 e. The topological polar surface area (TPSA) is 20.3 Å². The van der Waals surface area contributed by atoms with E-state index in [2.05, 4.69) is 25.7 Å². The third-order valence-electron chi connectivity index (χ3n) is 4.89. The van der Waals surface area contributed by atoms with Gasteiger partial charge in [-0.25, -0.2) is 0 Å². The Kier molecular flexibility index (Phi) is 4.47. The average molecular weight is 251 g/mol. The van der Waals surface area contributed by atoms with Gasteiger partial charge in [0.2, 0.25) is 0 Å². The lowest BCUT2D eigenvalue weighted by molar-refractivity contribution is -0.127. The van der Waals surface area contributed by atoms with Crippen LogP contribution < -0.4 is 0 Å². The number of likely N-dealkylation sites (tertiary alicyclic amines) is 1. The molecular formula is C16H29NO. The Morgan fingerprint density at radius 1 is 1.28 bits per heavy atom. The van der Waals surface area contributed by atoms with Gasteiger partial charge < -0.3 is 4.90 Å². The molecule has 1 saturated heterocycles. The number of hydrogen-bond acceptors (Lipinski definition) is 2. The third-order valence-corrected chi connectivity index (χ3v) is 4.89. The van der Waals surface area contributed by atoms with Crippen LogP contribution in [-0.4, -0.2) is 30.3 Å². The van der Waals surface area contributed by atoms with E-state index in [0.29, 0.717) is 17.1 Å². The summed E-state index contributed by atoms with van der Waals surface area (Å²) in [6, 6.07) is 0. The molecule has 2 aliphatic rings. The van der Waals surface area contributed by atoms with Crippen molar-refractivity contribution in [3.63, 3.8) is 0 Å².